The number of hydrogen-bond donors (Lipinski definition) is 3. The fourth-order valence-corrected chi connectivity index (χ4v) is 2.33. The van der Waals surface area contributed by atoms with Gasteiger partial charge in [-0.3, -0.25) is 5.43 Å². The average Bonchev–Trinajstić information content (AvgIpc) is 3.05. The minimum Gasteiger partial charge on any atom is -0.489 e. The molecule has 0 unspecified atom stereocenters. The Labute approximate surface area is 140 Å². The first-order valence-corrected chi connectivity index (χ1v) is 7.52. The van der Waals surface area contributed by atoms with Crippen molar-refractivity contribution < 1.29 is 13.9 Å². The van der Waals surface area contributed by atoms with Crippen LogP contribution in [-0.4, -0.2) is 19.2 Å². The number of anilines is 2. The van der Waals surface area contributed by atoms with Crippen molar-refractivity contribution in [3.05, 3.63) is 42.4 Å². The maximum absolute atomic E-state index is 11.8. The Bertz CT molecular complexity index is 672. The van der Waals surface area contributed by atoms with E-state index in [2.05, 4.69) is 0 Å². The first-order valence-electron chi connectivity index (χ1n) is 7.52. The van der Waals surface area contributed by atoms with Gasteiger partial charge in [-0.15, -0.1) is 0 Å². The summed E-state index contributed by atoms with van der Waals surface area (Å²) in [4.78, 5) is 13.7. The van der Waals surface area contributed by atoms with Crippen LogP contribution in [0.2, 0.25) is 0 Å². The fraction of sp³-hybridized carbons (Fsp3) is 0.312. The molecule has 0 atom stereocenters. The third-order valence-electron chi connectivity index (χ3n) is 3.30. The molecule has 0 aliphatic carbocycles. The molecule has 0 saturated heterocycles. The molecule has 0 radical (unpaired) electrons. The lowest BCUT2D eigenvalue weighted by Crippen LogP contribution is -2.48. The van der Waals surface area contributed by atoms with Gasteiger partial charge in [0.25, 0.3) is 0 Å². The van der Waals surface area contributed by atoms with Crippen molar-refractivity contribution in [3.8, 4) is 5.75 Å². The van der Waals surface area contributed by atoms with E-state index in [1.807, 2.05) is 49.4 Å². The fourth-order valence-electron chi connectivity index (χ4n) is 2.33. The van der Waals surface area contributed by atoms with E-state index in [1.54, 1.807) is 18.4 Å². The summed E-state index contributed by atoms with van der Waals surface area (Å²) in [5.74, 6) is 12.5. The zero-order valence-electron chi connectivity index (χ0n) is 14.0. The molecule has 0 fully saturated rings. The number of carbonyl (C=O) groups is 1. The average molecular weight is 333 g/mol. The Hall–Kier alpha value is -2.71. The number of carbonyl (C=O) groups excluding carboxylic acids is 1. The summed E-state index contributed by atoms with van der Waals surface area (Å²) >= 11 is 0. The predicted molar refractivity (Wildman–Crippen MR) is 92.4 cm³/mol. The first kappa shape index (κ1) is 17.6. The van der Waals surface area contributed by atoms with Crippen LogP contribution in [0.3, 0.4) is 0 Å². The number of amides is 2. The molecule has 5 N–H and O–H groups in total. The number of nitrogens with two attached hydrogens (primary N) is 2. The van der Waals surface area contributed by atoms with Crippen LogP contribution in [0.15, 0.2) is 41.0 Å². The molecule has 1 aromatic carbocycles. The third kappa shape index (κ3) is 3.98. The molecule has 0 aliphatic rings. The van der Waals surface area contributed by atoms with Gasteiger partial charge in [-0.2, -0.15) is 0 Å². The molecule has 2 aromatic rings. The molecule has 130 valence electrons. The van der Waals surface area contributed by atoms with Gasteiger partial charge in [-0.25, -0.2) is 21.5 Å². The first-order chi connectivity index (χ1) is 11.4. The minimum absolute atomic E-state index is 0.0365. The molecule has 1 heterocycles. The molecular weight excluding hydrogens is 310 g/mol. The van der Waals surface area contributed by atoms with Crippen LogP contribution in [-0.2, 0) is 6.54 Å². The van der Waals surface area contributed by atoms with E-state index in [0.29, 0.717) is 23.7 Å². The van der Waals surface area contributed by atoms with E-state index in [1.165, 1.54) is 0 Å². The molecule has 0 spiro atoms. The van der Waals surface area contributed by atoms with Gasteiger partial charge in [0.1, 0.15) is 17.2 Å². The van der Waals surface area contributed by atoms with Gasteiger partial charge in [0, 0.05) is 7.05 Å². The molecule has 24 heavy (non-hydrogen) atoms. The molecular formula is C16H23N5O3. The van der Waals surface area contributed by atoms with E-state index < -0.39 is 6.03 Å². The van der Waals surface area contributed by atoms with Crippen LogP contribution in [0.25, 0.3) is 0 Å². The number of ether oxygens (including phenoxy) is 1. The summed E-state index contributed by atoms with van der Waals surface area (Å²) in [6.07, 6.45) is 1.57. The molecule has 1 aromatic heterocycles. The van der Waals surface area contributed by atoms with Crippen molar-refractivity contribution in [1.29, 1.82) is 0 Å². The Morgan fingerprint density at radius 3 is 2.67 bits per heavy atom. The molecule has 0 bridgehead atoms. The highest BCUT2D eigenvalue weighted by molar-refractivity contribution is 5.95. The van der Waals surface area contributed by atoms with Crippen molar-refractivity contribution in [1.82, 2.24) is 5.43 Å². The maximum atomic E-state index is 11.8. The second kappa shape index (κ2) is 7.71. The Morgan fingerprint density at radius 1 is 1.33 bits per heavy atom. The van der Waals surface area contributed by atoms with Gasteiger partial charge in [-0.1, -0.05) is 6.07 Å². The summed E-state index contributed by atoms with van der Waals surface area (Å²) in [6.45, 7) is 4.34. The second-order valence-corrected chi connectivity index (χ2v) is 5.55. The molecule has 2 rings (SSSR count). The standard InChI is InChI=1S/C16H23N5O3/c1-11(2)24-14-8-4-7-13(21(18)16(22)19-17)15(14)20(3)10-12-6-5-9-23-12/h4-9,11H,10,17-18H2,1-3H3,(H,19,22). The van der Waals surface area contributed by atoms with Crippen LogP contribution < -0.4 is 31.8 Å². The summed E-state index contributed by atoms with van der Waals surface area (Å²) in [6, 6.07) is 8.36. The van der Waals surface area contributed by atoms with E-state index >= 15 is 0 Å². The number of hydrogen-bond acceptors (Lipinski definition) is 6. The zero-order valence-corrected chi connectivity index (χ0v) is 14.0. The SMILES string of the molecule is CC(C)Oc1cccc(N(N)C(=O)NN)c1N(C)Cc1ccco1. The molecule has 2 amide bonds. The van der Waals surface area contributed by atoms with Gasteiger partial charge in [0.2, 0.25) is 0 Å². The Kier molecular flexibility index (Phi) is 5.67. The number of benzene rings is 1. The van der Waals surface area contributed by atoms with Crippen molar-refractivity contribution in [2.24, 2.45) is 11.7 Å². The van der Waals surface area contributed by atoms with Crippen LogP contribution in [0.4, 0.5) is 16.2 Å². The quantitative estimate of drug-likeness (QED) is 0.423. The number of hydrazine groups is 2. The van der Waals surface area contributed by atoms with E-state index in [-0.39, 0.29) is 6.10 Å². The summed E-state index contributed by atoms with van der Waals surface area (Å²) < 4.78 is 11.3. The highest BCUT2D eigenvalue weighted by Gasteiger charge is 2.22. The van der Waals surface area contributed by atoms with Crippen LogP contribution in [0, 0.1) is 0 Å². The number of nitrogens with one attached hydrogen (secondary N) is 1. The van der Waals surface area contributed by atoms with Gasteiger partial charge in [-0.05, 0) is 38.1 Å². The van der Waals surface area contributed by atoms with E-state index in [9.17, 15) is 4.79 Å². The van der Waals surface area contributed by atoms with Gasteiger partial charge in [0.05, 0.1) is 24.6 Å². The lowest BCUT2D eigenvalue weighted by atomic mass is 10.2. The number of nitrogens with zero attached hydrogens (tertiary/aromatic N) is 2. The lowest BCUT2D eigenvalue weighted by Gasteiger charge is -2.28. The number of para-hydroxylation sites is 1. The van der Waals surface area contributed by atoms with Crippen LogP contribution >= 0.6 is 0 Å². The van der Waals surface area contributed by atoms with Crippen molar-refractivity contribution in [2.45, 2.75) is 26.5 Å². The van der Waals surface area contributed by atoms with Gasteiger partial charge < -0.3 is 14.1 Å². The predicted octanol–water partition coefficient (Wildman–Crippen LogP) is 1.97. The summed E-state index contributed by atoms with van der Waals surface area (Å²) in [5, 5.41) is 0.946. The van der Waals surface area contributed by atoms with E-state index in [4.69, 9.17) is 20.8 Å². The zero-order chi connectivity index (χ0) is 17.7. The smallest absolute Gasteiger partial charge is 0.350 e. The Morgan fingerprint density at radius 2 is 2.08 bits per heavy atom. The summed E-state index contributed by atoms with van der Waals surface area (Å²) in [7, 11) is 1.86. The number of rotatable bonds is 6. The van der Waals surface area contributed by atoms with Crippen molar-refractivity contribution >= 4 is 17.4 Å². The highest BCUT2D eigenvalue weighted by Crippen LogP contribution is 2.38. The van der Waals surface area contributed by atoms with Crippen LogP contribution in [0.1, 0.15) is 19.6 Å². The van der Waals surface area contributed by atoms with Gasteiger partial charge in [0.15, 0.2) is 0 Å². The van der Waals surface area contributed by atoms with Crippen LogP contribution in [0.5, 0.6) is 5.75 Å². The highest BCUT2D eigenvalue weighted by atomic mass is 16.5. The number of urea groups is 1. The topological polar surface area (TPSA) is 110 Å². The largest absolute Gasteiger partial charge is 0.489 e. The lowest BCUT2D eigenvalue weighted by molar-refractivity contribution is 0.242. The van der Waals surface area contributed by atoms with E-state index in [0.717, 1.165) is 10.8 Å². The Balaban J connectivity index is 2.44. The van der Waals surface area contributed by atoms with Crippen molar-refractivity contribution in [2.75, 3.05) is 17.0 Å². The normalized spacial score (nSPS) is 10.6. The van der Waals surface area contributed by atoms with Crippen molar-refractivity contribution in [3.63, 3.8) is 0 Å². The minimum atomic E-state index is -0.635. The second-order valence-electron chi connectivity index (χ2n) is 5.55. The molecule has 0 aliphatic heterocycles. The van der Waals surface area contributed by atoms with Gasteiger partial charge >= 0.3 is 6.03 Å². The molecule has 8 heteroatoms. The summed E-state index contributed by atoms with van der Waals surface area (Å²) in [5.41, 5.74) is 3.14. The number of furan rings is 1. The maximum Gasteiger partial charge on any atom is 0.350 e. The molecule has 8 nitrogen and oxygen atoms in total. The molecule has 0 saturated carbocycles. The third-order valence-corrected chi connectivity index (χ3v) is 3.30. The monoisotopic (exact) mass is 333 g/mol.